The summed E-state index contributed by atoms with van der Waals surface area (Å²) < 4.78 is 21.1. The van der Waals surface area contributed by atoms with Crippen molar-refractivity contribution in [1.29, 1.82) is 0 Å². The zero-order valence-electron chi connectivity index (χ0n) is 12.1. The highest BCUT2D eigenvalue weighted by Crippen LogP contribution is 2.40. The number of aliphatic hydroxyl groups excluding tert-OH is 2. The summed E-state index contributed by atoms with van der Waals surface area (Å²) in [5.41, 5.74) is 11.3. The third kappa shape index (κ3) is 2.27. The van der Waals surface area contributed by atoms with Crippen LogP contribution in [0.15, 0.2) is 16.2 Å². The molecule has 0 saturated carbocycles. The van der Waals surface area contributed by atoms with E-state index in [2.05, 4.69) is 25.0 Å². The zero-order valence-corrected chi connectivity index (χ0v) is 12.1. The maximum Gasteiger partial charge on any atom is 0.280 e. The normalized spacial score (nSPS) is 29.7. The van der Waals surface area contributed by atoms with Gasteiger partial charge in [0.2, 0.25) is 5.95 Å². The number of nitrogens with two attached hydrogens (primary N) is 1. The largest absolute Gasteiger partial charge is 0.393 e. The average Bonchev–Trinajstić information content (AvgIpc) is 3.07. The number of hydrogen-bond acceptors (Lipinski definition) is 8. The van der Waals surface area contributed by atoms with Crippen molar-refractivity contribution in [2.45, 2.75) is 24.1 Å². The molecule has 1 aliphatic rings. The molecule has 0 spiro atoms. The molecule has 1 fully saturated rings. The summed E-state index contributed by atoms with van der Waals surface area (Å²) in [6, 6.07) is 0. The standard InChI is InChI=1S/C11H13FN8O4/c12-4-6(22)11(2-21,1-16-19-14)24-9(4)20-3-15-5-7(20)17-10(13)18-8(5)23/h3-4,6,9,21-22H,1-2H2,(H3,13,17,18,23)/t4-,6+,9-,11-/m1/s1. The van der Waals surface area contributed by atoms with E-state index in [1.165, 1.54) is 0 Å². The van der Waals surface area contributed by atoms with Crippen molar-refractivity contribution < 1.29 is 19.3 Å². The summed E-state index contributed by atoms with van der Waals surface area (Å²) in [5, 5.41) is 22.8. The van der Waals surface area contributed by atoms with Gasteiger partial charge in [0.15, 0.2) is 23.6 Å². The van der Waals surface area contributed by atoms with Crippen LogP contribution in [0.4, 0.5) is 10.3 Å². The van der Waals surface area contributed by atoms with Crippen molar-refractivity contribution in [3.05, 3.63) is 27.1 Å². The number of aromatic nitrogens is 4. The molecule has 128 valence electrons. The molecule has 4 atom stereocenters. The lowest BCUT2D eigenvalue weighted by Gasteiger charge is -2.27. The van der Waals surface area contributed by atoms with Crippen molar-refractivity contribution in [3.63, 3.8) is 0 Å². The first-order valence-electron chi connectivity index (χ1n) is 6.77. The monoisotopic (exact) mass is 340 g/mol. The number of nitrogens with zero attached hydrogens (tertiary/aromatic N) is 6. The molecule has 3 heterocycles. The summed E-state index contributed by atoms with van der Waals surface area (Å²) in [4.78, 5) is 24.2. The number of imidazole rings is 1. The fourth-order valence-corrected chi connectivity index (χ4v) is 2.62. The lowest BCUT2D eigenvalue weighted by molar-refractivity contribution is -0.120. The number of azide groups is 1. The molecule has 24 heavy (non-hydrogen) atoms. The second-order valence-corrected chi connectivity index (χ2v) is 5.28. The summed E-state index contributed by atoms with van der Waals surface area (Å²) in [7, 11) is 0. The van der Waals surface area contributed by atoms with Crippen LogP contribution in [0, 0.1) is 0 Å². The lowest BCUT2D eigenvalue weighted by atomic mass is 9.97. The van der Waals surface area contributed by atoms with Crippen molar-refractivity contribution in [2.24, 2.45) is 5.11 Å². The number of anilines is 1. The number of alkyl halides is 1. The van der Waals surface area contributed by atoms with Crippen LogP contribution in [0.5, 0.6) is 0 Å². The Morgan fingerprint density at radius 1 is 1.67 bits per heavy atom. The topological polar surface area (TPSA) is 188 Å². The first-order chi connectivity index (χ1) is 11.4. The van der Waals surface area contributed by atoms with Gasteiger partial charge < -0.3 is 20.7 Å². The minimum absolute atomic E-state index is 0.0476. The van der Waals surface area contributed by atoms with Gasteiger partial charge in [-0.25, -0.2) is 9.37 Å². The van der Waals surface area contributed by atoms with E-state index in [4.69, 9.17) is 16.0 Å². The molecule has 5 N–H and O–H groups in total. The van der Waals surface area contributed by atoms with Crippen LogP contribution in [0.25, 0.3) is 21.6 Å². The Balaban J connectivity index is 2.07. The number of aromatic amines is 1. The number of fused-ring (bicyclic) bond motifs is 1. The molecule has 2 aromatic rings. The van der Waals surface area contributed by atoms with Crippen LogP contribution >= 0.6 is 0 Å². The van der Waals surface area contributed by atoms with Gasteiger partial charge in [0.05, 0.1) is 19.5 Å². The Morgan fingerprint density at radius 3 is 3.08 bits per heavy atom. The third-order valence-electron chi connectivity index (χ3n) is 3.86. The van der Waals surface area contributed by atoms with Gasteiger partial charge in [0.25, 0.3) is 5.56 Å². The first-order valence-corrected chi connectivity index (χ1v) is 6.77. The fourth-order valence-electron chi connectivity index (χ4n) is 2.62. The number of halogens is 1. The van der Waals surface area contributed by atoms with E-state index >= 15 is 0 Å². The van der Waals surface area contributed by atoms with Crippen LogP contribution in [-0.4, -0.2) is 60.8 Å². The molecular formula is C11H13FN8O4. The number of nitrogen functional groups attached to an aromatic ring is 1. The van der Waals surface area contributed by atoms with Gasteiger partial charge in [-0.15, -0.1) is 0 Å². The van der Waals surface area contributed by atoms with Gasteiger partial charge in [-0.3, -0.25) is 14.3 Å². The number of ether oxygens (including phenoxy) is 1. The number of H-pyrrole nitrogens is 1. The second-order valence-electron chi connectivity index (χ2n) is 5.28. The molecule has 1 saturated heterocycles. The minimum Gasteiger partial charge on any atom is -0.393 e. The second kappa shape index (κ2) is 5.72. The molecule has 3 rings (SSSR count). The zero-order chi connectivity index (χ0) is 17.5. The molecular weight excluding hydrogens is 327 g/mol. The smallest absolute Gasteiger partial charge is 0.280 e. The summed E-state index contributed by atoms with van der Waals surface area (Å²) in [5.74, 6) is -0.203. The van der Waals surface area contributed by atoms with Gasteiger partial charge in [-0.2, -0.15) is 4.98 Å². The van der Waals surface area contributed by atoms with E-state index in [-0.39, 0.29) is 17.1 Å². The summed E-state index contributed by atoms with van der Waals surface area (Å²) in [6.45, 7) is -1.27. The van der Waals surface area contributed by atoms with E-state index in [9.17, 15) is 19.4 Å². The average molecular weight is 340 g/mol. The Labute approximate surface area is 132 Å². The number of nitrogens with one attached hydrogen (secondary N) is 1. The van der Waals surface area contributed by atoms with Gasteiger partial charge in [-0.1, -0.05) is 5.11 Å². The molecule has 0 amide bonds. The highest BCUT2D eigenvalue weighted by Gasteiger charge is 2.55. The van der Waals surface area contributed by atoms with Crippen LogP contribution in [0.1, 0.15) is 6.23 Å². The van der Waals surface area contributed by atoms with Crippen molar-refractivity contribution in [3.8, 4) is 0 Å². The van der Waals surface area contributed by atoms with E-state index in [1.54, 1.807) is 0 Å². The van der Waals surface area contributed by atoms with Crippen LogP contribution in [0.3, 0.4) is 0 Å². The maximum atomic E-state index is 14.6. The molecule has 0 unspecified atom stereocenters. The highest BCUT2D eigenvalue weighted by atomic mass is 19.1. The quantitative estimate of drug-likeness (QED) is 0.311. The van der Waals surface area contributed by atoms with E-state index in [0.29, 0.717) is 0 Å². The molecule has 12 nitrogen and oxygen atoms in total. The third-order valence-corrected chi connectivity index (χ3v) is 3.86. The van der Waals surface area contributed by atoms with E-state index in [1.807, 2.05) is 0 Å². The molecule has 1 aliphatic heterocycles. The molecule has 13 heteroatoms. The number of rotatable bonds is 4. The van der Waals surface area contributed by atoms with Gasteiger partial charge in [-0.05, 0) is 5.53 Å². The molecule has 2 aromatic heterocycles. The SMILES string of the molecule is [N-]=[N+]=NC[C@]1(CO)O[C@@H](n2cnc3c(=O)[nH]c(N)nc32)[C@H](F)[C@@H]1O. The first kappa shape index (κ1) is 16.1. The minimum atomic E-state index is -1.99. The van der Waals surface area contributed by atoms with E-state index in [0.717, 1.165) is 10.9 Å². The van der Waals surface area contributed by atoms with Crippen molar-refractivity contribution >= 4 is 17.1 Å². The van der Waals surface area contributed by atoms with Crippen LogP contribution in [-0.2, 0) is 4.74 Å². The van der Waals surface area contributed by atoms with Gasteiger partial charge in [0.1, 0.15) is 11.7 Å². The Kier molecular flexibility index (Phi) is 3.85. The Hall–Kier alpha value is -2.73. The molecule has 0 aromatic carbocycles. The molecule has 0 bridgehead atoms. The molecule has 0 radical (unpaired) electrons. The van der Waals surface area contributed by atoms with Crippen molar-refractivity contribution in [1.82, 2.24) is 19.5 Å². The summed E-state index contributed by atoms with van der Waals surface area (Å²) >= 11 is 0. The van der Waals surface area contributed by atoms with Crippen LogP contribution < -0.4 is 11.3 Å². The predicted molar refractivity (Wildman–Crippen MR) is 77.4 cm³/mol. The van der Waals surface area contributed by atoms with Gasteiger partial charge >= 0.3 is 0 Å². The number of aliphatic hydroxyl groups is 2. The fraction of sp³-hybridized carbons (Fsp3) is 0.545. The number of hydrogen-bond donors (Lipinski definition) is 4. The predicted octanol–water partition coefficient (Wildman–Crippen LogP) is -1.03. The highest BCUT2D eigenvalue weighted by molar-refractivity contribution is 5.70. The van der Waals surface area contributed by atoms with E-state index < -0.39 is 42.8 Å². The van der Waals surface area contributed by atoms with Crippen molar-refractivity contribution in [2.75, 3.05) is 18.9 Å². The Bertz CT molecular complexity index is 877. The van der Waals surface area contributed by atoms with Gasteiger partial charge in [0, 0.05) is 4.91 Å². The summed E-state index contributed by atoms with van der Waals surface area (Å²) in [6.07, 6.45) is -4.10. The lowest BCUT2D eigenvalue weighted by Crippen LogP contribution is -2.48. The van der Waals surface area contributed by atoms with Crippen LogP contribution in [0.2, 0.25) is 0 Å². The Morgan fingerprint density at radius 2 is 2.42 bits per heavy atom. The maximum absolute atomic E-state index is 14.6. The molecule has 0 aliphatic carbocycles.